The van der Waals surface area contributed by atoms with Crippen molar-refractivity contribution in [1.82, 2.24) is 15.1 Å². The molecule has 1 N–H and O–H groups in total. The fourth-order valence-electron chi connectivity index (χ4n) is 3.28. The van der Waals surface area contributed by atoms with Gasteiger partial charge in [0.1, 0.15) is 0 Å². The summed E-state index contributed by atoms with van der Waals surface area (Å²) in [5, 5.41) is 7.84. The van der Waals surface area contributed by atoms with Gasteiger partial charge in [0.05, 0.1) is 18.3 Å². The van der Waals surface area contributed by atoms with Gasteiger partial charge in [-0.3, -0.25) is 14.3 Å². The topological polar surface area (TPSA) is 64.0 Å². The van der Waals surface area contributed by atoms with Gasteiger partial charge in [-0.2, -0.15) is 5.10 Å². The number of aromatic nitrogens is 2. The van der Waals surface area contributed by atoms with Gasteiger partial charge < -0.3 is 5.32 Å². The summed E-state index contributed by atoms with van der Waals surface area (Å²) in [5.74, 6) is 0.694. The van der Waals surface area contributed by atoms with Crippen LogP contribution in [0.5, 0.6) is 0 Å². The maximum absolute atomic E-state index is 12.0. The summed E-state index contributed by atoms with van der Waals surface area (Å²) in [5.41, 5.74) is 0.693. The third-order valence-corrected chi connectivity index (χ3v) is 4.63. The smallest absolute Gasteiger partial charge is 0.221 e. The molecule has 1 heterocycles. The summed E-state index contributed by atoms with van der Waals surface area (Å²) >= 11 is 0. The fraction of sp³-hybridized carbons (Fsp3) is 0.500. The first-order chi connectivity index (χ1) is 11.2. The third-order valence-electron chi connectivity index (χ3n) is 4.63. The predicted octanol–water partition coefficient (Wildman–Crippen LogP) is 2.48. The minimum Gasteiger partial charge on any atom is -0.356 e. The number of rotatable bonds is 5. The Hall–Kier alpha value is -2.17. The number of carbonyl (C=O) groups excluding carboxylic acids is 1. The molecule has 0 atom stereocenters. The van der Waals surface area contributed by atoms with Gasteiger partial charge in [0.15, 0.2) is 0 Å². The Balaban J connectivity index is 1.57. The zero-order valence-corrected chi connectivity index (χ0v) is 13.3. The standard InChI is InChI=1S/C18H23N3O2/c22-17-13-20-21(16-9-5-4-8-15(16)17)11-10-18(23)19-12-14-6-2-1-3-7-14/h4-5,8-9,13-14H,1-3,6-7,10-12H2,(H,19,23). The summed E-state index contributed by atoms with van der Waals surface area (Å²) in [7, 11) is 0. The quantitative estimate of drug-likeness (QED) is 0.922. The van der Waals surface area contributed by atoms with Crippen molar-refractivity contribution in [2.24, 2.45) is 5.92 Å². The zero-order valence-electron chi connectivity index (χ0n) is 13.3. The molecule has 2 aromatic rings. The number of benzene rings is 1. The molecule has 23 heavy (non-hydrogen) atoms. The second-order valence-corrected chi connectivity index (χ2v) is 6.31. The number of aryl methyl sites for hydroxylation is 1. The molecule has 0 radical (unpaired) electrons. The molecule has 1 fully saturated rings. The van der Waals surface area contributed by atoms with Crippen LogP contribution >= 0.6 is 0 Å². The van der Waals surface area contributed by atoms with Crippen LogP contribution in [0.25, 0.3) is 10.9 Å². The average molecular weight is 313 g/mol. The Kier molecular flexibility index (Phi) is 5.05. The lowest BCUT2D eigenvalue weighted by atomic mass is 9.89. The highest BCUT2D eigenvalue weighted by molar-refractivity contribution is 5.79. The first-order valence-corrected chi connectivity index (χ1v) is 8.45. The second-order valence-electron chi connectivity index (χ2n) is 6.31. The lowest BCUT2D eigenvalue weighted by Gasteiger charge is -2.21. The molecule has 0 spiro atoms. The maximum Gasteiger partial charge on any atom is 0.221 e. The van der Waals surface area contributed by atoms with Gasteiger partial charge in [-0.05, 0) is 30.9 Å². The van der Waals surface area contributed by atoms with Crippen LogP contribution in [0, 0.1) is 5.92 Å². The van der Waals surface area contributed by atoms with E-state index in [0.717, 1.165) is 12.1 Å². The molecule has 3 rings (SSSR count). The molecule has 122 valence electrons. The van der Waals surface area contributed by atoms with Gasteiger partial charge in [-0.1, -0.05) is 31.4 Å². The van der Waals surface area contributed by atoms with E-state index in [0.29, 0.717) is 24.3 Å². The molecule has 1 saturated carbocycles. The van der Waals surface area contributed by atoms with Crippen molar-refractivity contribution >= 4 is 16.8 Å². The molecule has 1 amide bonds. The molecule has 0 unspecified atom stereocenters. The maximum atomic E-state index is 12.0. The highest BCUT2D eigenvalue weighted by Gasteiger charge is 2.14. The van der Waals surface area contributed by atoms with Gasteiger partial charge in [0.25, 0.3) is 0 Å². The van der Waals surface area contributed by atoms with Gasteiger partial charge in [0.2, 0.25) is 11.3 Å². The van der Waals surface area contributed by atoms with Gasteiger partial charge in [-0.25, -0.2) is 0 Å². The molecule has 5 nitrogen and oxygen atoms in total. The molecule has 5 heteroatoms. The van der Waals surface area contributed by atoms with E-state index in [1.54, 1.807) is 10.7 Å². The van der Waals surface area contributed by atoms with E-state index in [1.165, 1.54) is 38.3 Å². The summed E-state index contributed by atoms with van der Waals surface area (Å²) in [6, 6.07) is 7.37. The first-order valence-electron chi connectivity index (χ1n) is 8.45. The highest BCUT2D eigenvalue weighted by Crippen LogP contribution is 2.22. The Morgan fingerprint density at radius 1 is 1.22 bits per heavy atom. The second kappa shape index (κ2) is 7.40. The van der Waals surface area contributed by atoms with Gasteiger partial charge >= 0.3 is 0 Å². The molecule has 0 bridgehead atoms. The van der Waals surface area contributed by atoms with E-state index >= 15 is 0 Å². The first kappa shape index (κ1) is 15.7. The van der Waals surface area contributed by atoms with E-state index in [2.05, 4.69) is 10.4 Å². The molecule has 1 aliphatic rings. The Labute approximate surface area is 135 Å². The van der Waals surface area contributed by atoms with E-state index in [-0.39, 0.29) is 11.3 Å². The molecule has 1 aliphatic carbocycles. The van der Waals surface area contributed by atoms with Crippen molar-refractivity contribution in [2.75, 3.05) is 6.54 Å². The number of hydrogen-bond donors (Lipinski definition) is 1. The van der Waals surface area contributed by atoms with E-state index in [4.69, 9.17) is 0 Å². The summed E-state index contributed by atoms with van der Waals surface area (Å²) < 4.78 is 1.73. The van der Waals surface area contributed by atoms with E-state index in [9.17, 15) is 9.59 Å². The van der Waals surface area contributed by atoms with Crippen molar-refractivity contribution in [3.63, 3.8) is 0 Å². The Bertz CT molecular complexity index is 732. The van der Waals surface area contributed by atoms with Crippen molar-refractivity contribution < 1.29 is 4.79 Å². The van der Waals surface area contributed by atoms with E-state index < -0.39 is 0 Å². The summed E-state index contributed by atoms with van der Waals surface area (Å²) in [4.78, 5) is 23.8. The SMILES string of the molecule is O=C(CCn1ncc(=O)c2ccccc21)NCC1CCCCC1. The Morgan fingerprint density at radius 2 is 2.00 bits per heavy atom. The third kappa shape index (κ3) is 3.97. The highest BCUT2D eigenvalue weighted by atomic mass is 16.1. The summed E-state index contributed by atoms with van der Waals surface area (Å²) in [6.07, 6.45) is 8.06. The molecule has 0 saturated heterocycles. The minimum absolute atomic E-state index is 0.0557. The van der Waals surface area contributed by atoms with Crippen molar-refractivity contribution in [1.29, 1.82) is 0 Å². The lowest BCUT2D eigenvalue weighted by molar-refractivity contribution is -0.121. The average Bonchev–Trinajstić information content (AvgIpc) is 2.60. The lowest BCUT2D eigenvalue weighted by Crippen LogP contribution is -2.31. The molecule has 1 aromatic heterocycles. The number of nitrogens with zero attached hydrogens (tertiary/aromatic N) is 2. The van der Waals surface area contributed by atoms with Gasteiger partial charge in [0, 0.05) is 18.4 Å². The molecular formula is C18H23N3O2. The van der Waals surface area contributed by atoms with Crippen molar-refractivity contribution in [3.05, 3.63) is 40.7 Å². The number of hydrogen-bond acceptors (Lipinski definition) is 3. The van der Waals surface area contributed by atoms with Crippen LogP contribution in [0.1, 0.15) is 38.5 Å². The zero-order chi connectivity index (χ0) is 16.1. The largest absolute Gasteiger partial charge is 0.356 e. The molecule has 1 aromatic carbocycles. The van der Waals surface area contributed by atoms with Gasteiger partial charge in [-0.15, -0.1) is 0 Å². The van der Waals surface area contributed by atoms with Crippen LogP contribution in [0.2, 0.25) is 0 Å². The Morgan fingerprint density at radius 3 is 2.83 bits per heavy atom. The minimum atomic E-state index is -0.0846. The van der Waals surface area contributed by atoms with Crippen LogP contribution in [0.15, 0.2) is 35.3 Å². The fourth-order valence-corrected chi connectivity index (χ4v) is 3.28. The predicted molar refractivity (Wildman–Crippen MR) is 90.2 cm³/mol. The van der Waals surface area contributed by atoms with Crippen LogP contribution in [0.3, 0.4) is 0 Å². The number of fused-ring (bicyclic) bond motifs is 1. The van der Waals surface area contributed by atoms with Crippen LogP contribution < -0.4 is 10.7 Å². The number of nitrogens with one attached hydrogen (secondary N) is 1. The monoisotopic (exact) mass is 313 g/mol. The van der Waals surface area contributed by atoms with Crippen LogP contribution in [-0.4, -0.2) is 22.2 Å². The normalized spacial score (nSPS) is 15.7. The summed E-state index contributed by atoms with van der Waals surface area (Å²) in [6.45, 7) is 1.27. The molecular weight excluding hydrogens is 290 g/mol. The van der Waals surface area contributed by atoms with Crippen molar-refractivity contribution in [3.8, 4) is 0 Å². The van der Waals surface area contributed by atoms with Crippen LogP contribution in [0.4, 0.5) is 0 Å². The number of amides is 1. The van der Waals surface area contributed by atoms with E-state index in [1.807, 2.05) is 18.2 Å². The number of carbonyl (C=O) groups is 1. The van der Waals surface area contributed by atoms with Crippen molar-refractivity contribution in [2.45, 2.75) is 45.1 Å². The van der Waals surface area contributed by atoms with Crippen LogP contribution in [-0.2, 0) is 11.3 Å². The number of para-hydroxylation sites is 1. The molecule has 0 aliphatic heterocycles.